The van der Waals surface area contributed by atoms with Crippen LogP contribution in [0.4, 0.5) is 0 Å². The summed E-state index contributed by atoms with van der Waals surface area (Å²) in [6.07, 6.45) is 0.704. The maximum atomic E-state index is 11.0. The summed E-state index contributed by atoms with van der Waals surface area (Å²) in [7, 11) is 1.84. The summed E-state index contributed by atoms with van der Waals surface area (Å²) in [6.45, 7) is 3.02. The van der Waals surface area contributed by atoms with E-state index in [4.69, 9.17) is 4.74 Å². The zero-order valence-corrected chi connectivity index (χ0v) is 6.83. The molecule has 0 radical (unpaired) electrons. The average Bonchev–Trinajstić information content (AvgIpc) is 2.36. The lowest BCUT2D eigenvalue weighted by atomic mass is 10.3. The van der Waals surface area contributed by atoms with Crippen LogP contribution in [0, 0.1) is 0 Å². The standard InChI is InChI=1S/C7H12N2O2/c1-3-11-7(10)6-4-5-9(2)8-6/h3-5H2,1-2H3. The van der Waals surface area contributed by atoms with E-state index in [0.29, 0.717) is 18.7 Å². The minimum Gasteiger partial charge on any atom is -0.461 e. The third-order valence-corrected chi connectivity index (χ3v) is 1.47. The molecule has 0 aliphatic carbocycles. The zero-order valence-electron chi connectivity index (χ0n) is 6.83. The Hall–Kier alpha value is -1.06. The van der Waals surface area contributed by atoms with E-state index in [0.717, 1.165) is 6.54 Å². The summed E-state index contributed by atoms with van der Waals surface area (Å²) >= 11 is 0. The van der Waals surface area contributed by atoms with E-state index in [2.05, 4.69) is 5.10 Å². The van der Waals surface area contributed by atoms with Gasteiger partial charge in [-0.3, -0.25) is 5.01 Å². The first-order chi connectivity index (χ1) is 5.24. The number of hydrogen-bond acceptors (Lipinski definition) is 4. The fourth-order valence-electron chi connectivity index (χ4n) is 0.931. The Balaban J connectivity index is 2.48. The number of hydrazone groups is 1. The number of esters is 1. The fourth-order valence-corrected chi connectivity index (χ4v) is 0.931. The van der Waals surface area contributed by atoms with Gasteiger partial charge in [0.1, 0.15) is 5.71 Å². The minimum absolute atomic E-state index is 0.281. The molecule has 0 saturated heterocycles. The minimum atomic E-state index is -0.281. The van der Waals surface area contributed by atoms with Crippen LogP contribution in [0.3, 0.4) is 0 Å². The van der Waals surface area contributed by atoms with Crippen LogP contribution in [0.5, 0.6) is 0 Å². The summed E-state index contributed by atoms with van der Waals surface area (Å²) in [4.78, 5) is 11.0. The third-order valence-electron chi connectivity index (χ3n) is 1.47. The second kappa shape index (κ2) is 3.37. The normalized spacial score (nSPS) is 16.5. The lowest BCUT2D eigenvalue weighted by molar-refractivity contribution is -0.135. The first-order valence-electron chi connectivity index (χ1n) is 3.69. The molecule has 0 N–H and O–H groups in total. The molecule has 0 saturated carbocycles. The second-order valence-electron chi connectivity index (χ2n) is 2.40. The molecule has 0 aromatic heterocycles. The van der Waals surface area contributed by atoms with Crippen molar-refractivity contribution in [3.8, 4) is 0 Å². The van der Waals surface area contributed by atoms with Crippen molar-refractivity contribution in [3.63, 3.8) is 0 Å². The van der Waals surface area contributed by atoms with Crippen LogP contribution >= 0.6 is 0 Å². The Kier molecular flexibility index (Phi) is 2.46. The smallest absolute Gasteiger partial charge is 0.354 e. The molecule has 1 heterocycles. The average molecular weight is 156 g/mol. The monoisotopic (exact) mass is 156 g/mol. The van der Waals surface area contributed by atoms with Gasteiger partial charge in [0.25, 0.3) is 0 Å². The van der Waals surface area contributed by atoms with Crippen molar-refractivity contribution in [2.45, 2.75) is 13.3 Å². The molecule has 1 rings (SSSR count). The molecule has 0 bridgehead atoms. The van der Waals surface area contributed by atoms with Gasteiger partial charge in [-0.25, -0.2) is 4.79 Å². The Morgan fingerprint density at radius 2 is 2.55 bits per heavy atom. The number of hydrogen-bond donors (Lipinski definition) is 0. The summed E-state index contributed by atoms with van der Waals surface area (Å²) < 4.78 is 4.78. The van der Waals surface area contributed by atoms with Crippen molar-refractivity contribution >= 4 is 11.7 Å². The molecule has 11 heavy (non-hydrogen) atoms. The summed E-state index contributed by atoms with van der Waals surface area (Å²) in [5, 5.41) is 5.72. The van der Waals surface area contributed by atoms with E-state index in [1.54, 1.807) is 11.9 Å². The van der Waals surface area contributed by atoms with Gasteiger partial charge in [0.15, 0.2) is 0 Å². The molecule has 0 spiro atoms. The van der Waals surface area contributed by atoms with Crippen molar-refractivity contribution in [3.05, 3.63) is 0 Å². The molecular weight excluding hydrogens is 144 g/mol. The van der Waals surface area contributed by atoms with Crippen molar-refractivity contribution in [1.82, 2.24) is 5.01 Å². The number of rotatable bonds is 2. The number of carbonyl (C=O) groups excluding carboxylic acids is 1. The van der Waals surface area contributed by atoms with E-state index in [1.165, 1.54) is 0 Å². The Bertz CT molecular complexity index is 189. The molecule has 0 aromatic rings. The van der Waals surface area contributed by atoms with Crippen molar-refractivity contribution in [2.24, 2.45) is 5.10 Å². The van der Waals surface area contributed by atoms with Crippen LogP contribution < -0.4 is 0 Å². The second-order valence-corrected chi connectivity index (χ2v) is 2.40. The lowest BCUT2D eigenvalue weighted by Crippen LogP contribution is -2.15. The number of nitrogens with zero attached hydrogens (tertiary/aromatic N) is 2. The van der Waals surface area contributed by atoms with Crippen molar-refractivity contribution in [2.75, 3.05) is 20.2 Å². The first-order valence-corrected chi connectivity index (χ1v) is 3.69. The van der Waals surface area contributed by atoms with Crippen LogP contribution in [-0.4, -0.2) is 36.9 Å². The van der Waals surface area contributed by atoms with Crippen LogP contribution in [0.15, 0.2) is 5.10 Å². The van der Waals surface area contributed by atoms with Crippen LogP contribution in [0.25, 0.3) is 0 Å². The van der Waals surface area contributed by atoms with Gasteiger partial charge in [0, 0.05) is 20.0 Å². The maximum Gasteiger partial charge on any atom is 0.354 e. The van der Waals surface area contributed by atoms with Gasteiger partial charge >= 0.3 is 5.97 Å². The summed E-state index contributed by atoms with van der Waals surface area (Å²) in [5.41, 5.74) is 0.536. The predicted molar refractivity (Wildman–Crippen MR) is 41.3 cm³/mol. The fraction of sp³-hybridized carbons (Fsp3) is 0.714. The van der Waals surface area contributed by atoms with E-state index < -0.39 is 0 Å². The highest BCUT2D eigenvalue weighted by Gasteiger charge is 2.18. The SMILES string of the molecule is CCOC(=O)C1=NN(C)CC1. The largest absolute Gasteiger partial charge is 0.461 e. The number of ether oxygens (including phenoxy) is 1. The topological polar surface area (TPSA) is 41.9 Å². The maximum absolute atomic E-state index is 11.0. The van der Waals surface area contributed by atoms with Crippen LogP contribution in [-0.2, 0) is 9.53 Å². The molecule has 62 valence electrons. The molecular formula is C7H12N2O2. The molecule has 4 nitrogen and oxygen atoms in total. The van der Waals surface area contributed by atoms with Gasteiger partial charge in [0.05, 0.1) is 6.61 Å². The van der Waals surface area contributed by atoms with Crippen LogP contribution in [0.1, 0.15) is 13.3 Å². The predicted octanol–water partition coefficient (Wildman–Crippen LogP) is 0.241. The van der Waals surface area contributed by atoms with Gasteiger partial charge in [-0.05, 0) is 6.92 Å². The van der Waals surface area contributed by atoms with Gasteiger partial charge in [0.2, 0.25) is 0 Å². The van der Waals surface area contributed by atoms with E-state index in [9.17, 15) is 4.79 Å². The summed E-state index contributed by atoms with van der Waals surface area (Å²) in [5.74, 6) is -0.281. The van der Waals surface area contributed by atoms with Gasteiger partial charge in [-0.2, -0.15) is 5.10 Å². The van der Waals surface area contributed by atoms with E-state index >= 15 is 0 Å². The zero-order chi connectivity index (χ0) is 8.27. The highest BCUT2D eigenvalue weighted by atomic mass is 16.5. The molecule has 4 heteroatoms. The Labute approximate surface area is 65.8 Å². The molecule has 1 aliphatic rings. The highest BCUT2D eigenvalue weighted by molar-refractivity contribution is 6.36. The molecule has 0 atom stereocenters. The third kappa shape index (κ3) is 1.93. The highest BCUT2D eigenvalue weighted by Crippen LogP contribution is 2.03. The van der Waals surface area contributed by atoms with E-state index in [1.807, 2.05) is 7.05 Å². The van der Waals surface area contributed by atoms with Gasteiger partial charge in [-0.1, -0.05) is 0 Å². The van der Waals surface area contributed by atoms with Crippen LogP contribution in [0.2, 0.25) is 0 Å². The lowest BCUT2D eigenvalue weighted by Gasteiger charge is -2.00. The van der Waals surface area contributed by atoms with Gasteiger partial charge in [-0.15, -0.1) is 0 Å². The van der Waals surface area contributed by atoms with Crippen molar-refractivity contribution in [1.29, 1.82) is 0 Å². The molecule has 0 aromatic carbocycles. The van der Waals surface area contributed by atoms with Crippen molar-refractivity contribution < 1.29 is 9.53 Å². The molecule has 0 unspecified atom stereocenters. The first kappa shape index (κ1) is 8.04. The Morgan fingerprint density at radius 3 is 3.00 bits per heavy atom. The Morgan fingerprint density at radius 1 is 1.82 bits per heavy atom. The molecule has 0 fully saturated rings. The van der Waals surface area contributed by atoms with E-state index in [-0.39, 0.29) is 5.97 Å². The quantitative estimate of drug-likeness (QED) is 0.538. The molecule has 0 amide bonds. The molecule has 1 aliphatic heterocycles. The van der Waals surface area contributed by atoms with Gasteiger partial charge < -0.3 is 4.74 Å². The summed E-state index contributed by atoms with van der Waals surface area (Å²) in [6, 6.07) is 0. The number of carbonyl (C=O) groups is 1.